The van der Waals surface area contributed by atoms with Crippen molar-refractivity contribution in [1.82, 2.24) is 0 Å². The number of primary amides is 1. The molecular formula is C14H20ClN3O2. The zero-order chi connectivity index (χ0) is 13.9. The molecule has 110 valence electrons. The number of carbonyl (C=O) groups excluding carboxylic acids is 2. The maximum Gasteiger partial charge on any atom is 0.248 e. The summed E-state index contributed by atoms with van der Waals surface area (Å²) in [6, 6.07) is 6.63. The second-order valence-corrected chi connectivity index (χ2v) is 5.09. The van der Waals surface area contributed by atoms with Crippen molar-refractivity contribution in [3.63, 3.8) is 0 Å². The maximum absolute atomic E-state index is 12.3. The fourth-order valence-electron chi connectivity index (χ4n) is 2.59. The van der Waals surface area contributed by atoms with E-state index in [9.17, 15) is 9.59 Å². The first-order valence-corrected chi connectivity index (χ1v) is 6.49. The Balaban J connectivity index is 0.00000200. The third-order valence-corrected chi connectivity index (χ3v) is 3.84. The summed E-state index contributed by atoms with van der Waals surface area (Å²) in [6.07, 6.45) is 3.72. The maximum atomic E-state index is 12.3. The Hall–Kier alpha value is -1.59. The van der Waals surface area contributed by atoms with Crippen LogP contribution in [0.4, 0.5) is 5.69 Å². The third kappa shape index (κ3) is 3.29. The van der Waals surface area contributed by atoms with Crippen LogP contribution in [0, 0.1) is 5.41 Å². The number of amides is 2. The zero-order valence-corrected chi connectivity index (χ0v) is 12.0. The minimum absolute atomic E-state index is 0. The van der Waals surface area contributed by atoms with Gasteiger partial charge in [-0.05, 0) is 31.0 Å². The van der Waals surface area contributed by atoms with E-state index in [2.05, 4.69) is 5.32 Å². The van der Waals surface area contributed by atoms with E-state index in [-0.39, 0.29) is 18.3 Å². The molecule has 1 aliphatic rings. The molecular weight excluding hydrogens is 278 g/mol. The van der Waals surface area contributed by atoms with Crippen LogP contribution in [-0.2, 0) is 4.79 Å². The van der Waals surface area contributed by atoms with Crippen molar-refractivity contribution in [2.24, 2.45) is 16.9 Å². The molecule has 0 aliphatic heterocycles. The quantitative estimate of drug-likeness (QED) is 0.788. The summed E-state index contributed by atoms with van der Waals surface area (Å²) < 4.78 is 0. The average molecular weight is 298 g/mol. The lowest BCUT2D eigenvalue weighted by Crippen LogP contribution is -2.40. The fourth-order valence-corrected chi connectivity index (χ4v) is 2.59. The topological polar surface area (TPSA) is 98.2 Å². The summed E-state index contributed by atoms with van der Waals surface area (Å²) >= 11 is 0. The van der Waals surface area contributed by atoms with E-state index in [1.807, 2.05) is 0 Å². The van der Waals surface area contributed by atoms with Gasteiger partial charge in [-0.15, -0.1) is 12.4 Å². The fraction of sp³-hybridized carbons (Fsp3) is 0.429. The van der Waals surface area contributed by atoms with Gasteiger partial charge in [0.25, 0.3) is 0 Å². The Morgan fingerprint density at radius 1 is 1.25 bits per heavy atom. The standard InChI is InChI=1S/C14H19N3O2.ClH/c15-9-14(6-1-2-7-14)13(19)17-11-5-3-4-10(8-11)12(16)18;/h3-5,8H,1-2,6-7,9,15H2,(H2,16,18)(H,17,19);1H. The predicted molar refractivity (Wildman–Crippen MR) is 80.8 cm³/mol. The van der Waals surface area contributed by atoms with Gasteiger partial charge in [0.05, 0.1) is 5.41 Å². The predicted octanol–water partition coefficient (Wildman–Crippen LogP) is 1.66. The van der Waals surface area contributed by atoms with Crippen LogP contribution in [0.1, 0.15) is 36.0 Å². The first kappa shape index (κ1) is 16.5. The molecule has 1 saturated carbocycles. The molecule has 5 N–H and O–H groups in total. The largest absolute Gasteiger partial charge is 0.366 e. The van der Waals surface area contributed by atoms with Gasteiger partial charge in [0, 0.05) is 17.8 Å². The van der Waals surface area contributed by atoms with Crippen molar-refractivity contribution in [3.8, 4) is 0 Å². The zero-order valence-electron chi connectivity index (χ0n) is 11.2. The Morgan fingerprint density at radius 3 is 2.45 bits per heavy atom. The van der Waals surface area contributed by atoms with Crippen LogP contribution in [0.15, 0.2) is 24.3 Å². The highest BCUT2D eigenvalue weighted by atomic mass is 35.5. The van der Waals surface area contributed by atoms with E-state index in [0.717, 1.165) is 25.7 Å². The molecule has 1 aromatic rings. The van der Waals surface area contributed by atoms with E-state index >= 15 is 0 Å². The van der Waals surface area contributed by atoms with Crippen molar-refractivity contribution >= 4 is 29.9 Å². The van der Waals surface area contributed by atoms with Gasteiger partial charge in [0.2, 0.25) is 11.8 Å². The van der Waals surface area contributed by atoms with E-state index < -0.39 is 11.3 Å². The molecule has 0 spiro atoms. The Labute approximate surface area is 124 Å². The van der Waals surface area contributed by atoms with Crippen LogP contribution >= 0.6 is 12.4 Å². The first-order valence-electron chi connectivity index (χ1n) is 6.49. The number of halogens is 1. The molecule has 2 rings (SSSR count). The molecule has 0 radical (unpaired) electrons. The molecule has 1 aliphatic carbocycles. The number of carbonyl (C=O) groups is 2. The summed E-state index contributed by atoms with van der Waals surface area (Å²) in [5, 5.41) is 2.84. The highest BCUT2D eigenvalue weighted by molar-refractivity contribution is 5.98. The average Bonchev–Trinajstić information content (AvgIpc) is 2.89. The number of nitrogens with one attached hydrogen (secondary N) is 1. The van der Waals surface area contributed by atoms with Gasteiger partial charge in [0.15, 0.2) is 0 Å². The SMILES string of the molecule is Cl.NCC1(C(=O)Nc2cccc(C(N)=O)c2)CCCC1. The number of benzene rings is 1. The van der Waals surface area contributed by atoms with Gasteiger partial charge in [0.1, 0.15) is 0 Å². The molecule has 5 nitrogen and oxygen atoms in total. The highest BCUT2D eigenvalue weighted by Gasteiger charge is 2.39. The van der Waals surface area contributed by atoms with Crippen molar-refractivity contribution in [3.05, 3.63) is 29.8 Å². The molecule has 0 saturated heterocycles. The minimum Gasteiger partial charge on any atom is -0.366 e. The number of hydrogen-bond donors (Lipinski definition) is 3. The van der Waals surface area contributed by atoms with Crippen molar-refractivity contribution < 1.29 is 9.59 Å². The first-order chi connectivity index (χ1) is 9.07. The smallest absolute Gasteiger partial charge is 0.248 e. The van der Waals surface area contributed by atoms with E-state index in [1.165, 1.54) is 0 Å². The molecule has 2 amide bonds. The molecule has 0 bridgehead atoms. The van der Waals surface area contributed by atoms with Gasteiger partial charge < -0.3 is 16.8 Å². The summed E-state index contributed by atoms with van der Waals surface area (Å²) in [7, 11) is 0. The Morgan fingerprint density at radius 2 is 1.90 bits per heavy atom. The van der Waals surface area contributed by atoms with Crippen molar-refractivity contribution in [1.29, 1.82) is 0 Å². The number of nitrogens with two attached hydrogens (primary N) is 2. The second kappa shape index (κ2) is 6.72. The van der Waals surface area contributed by atoms with Crippen LogP contribution < -0.4 is 16.8 Å². The molecule has 1 aromatic carbocycles. The van der Waals surface area contributed by atoms with Gasteiger partial charge in [-0.25, -0.2) is 0 Å². The van der Waals surface area contributed by atoms with E-state index in [1.54, 1.807) is 24.3 Å². The van der Waals surface area contributed by atoms with Gasteiger partial charge >= 0.3 is 0 Å². The van der Waals surface area contributed by atoms with Crippen molar-refractivity contribution in [2.45, 2.75) is 25.7 Å². The van der Waals surface area contributed by atoms with Crippen LogP contribution in [0.5, 0.6) is 0 Å². The Kier molecular flexibility index (Phi) is 5.53. The van der Waals surface area contributed by atoms with Crippen LogP contribution in [0.25, 0.3) is 0 Å². The minimum atomic E-state index is -0.509. The number of rotatable bonds is 4. The summed E-state index contributed by atoms with van der Waals surface area (Å²) in [5.41, 5.74) is 11.5. The second-order valence-electron chi connectivity index (χ2n) is 5.09. The van der Waals surface area contributed by atoms with Crippen LogP contribution in [0.3, 0.4) is 0 Å². The molecule has 0 heterocycles. The molecule has 20 heavy (non-hydrogen) atoms. The van der Waals surface area contributed by atoms with E-state index in [0.29, 0.717) is 17.8 Å². The lowest BCUT2D eigenvalue weighted by Gasteiger charge is -2.25. The van der Waals surface area contributed by atoms with Crippen LogP contribution in [-0.4, -0.2) is 18.4 Å². The van der Waals surface area contributed by atoms with Crippen LogP contribution in [0.2, 0.25) is 0 Å². The number of hydrogen-bond acceptors (Lipinski definition) is 3. The molecule has 1 fully saturated rings. The van der Waals surface area contributed by atoms with Crippen molar-refractivity contribution in [2.75, 3.05) is 11.9 Å². The summed E-state index contributed by atoms with van der Waals surface area (Å²) in [6.45, 7) is 0.355. The molecule has 0 aromatic heterocycles. The van der Waals surface area contributed by atoms with E-state index in [4.69, 9.17) is 11.5 Å². The van der Waals surface area contributed by atoms with Gasteiger partial charge in [-0.2, -0.15) is 0 Å². The third-order valence-electron chi connectivity index (χ3n) is 3.84. The molecule has 6 heteroatoms. The lowest BCUT2D eigenvalue weighted by molar-refractivity contribution is -0.124. The highest BCUT2D eigenvalue weighted by Crippen LogP contribution is 2.38. The summed E-state index contributed by atoms with van der Waals surface area (Å²) in [4.78, 5) is 23.4. The normalized spacial score (nSPS) is 16.2. The molecule has 0 unspecified atom stereocenters. The Bertz CT molecular complexity index is 499. The monoisotopic (exact) mass is 297 g/mol. The lowest BCUT2D eigenvalue weighted by atomic mass is 9.85. The van der Waals surface area contributed by atoms with Gasteiger partial charge in [-0.3, -0.25) is 9.59 Å². The summed E-state index contributed by atoms with van der Waals surface area (Å²) in [5.74, 6) is -0.570. The molecule has 0 atom stereocenters. The number of anilines is 1. The van der Waals surface area contributed by atoms with Gasteiger partial charge in [-0.1, -0.05) is 18.9 Å².